The molecule has 0 aromatic heterocycles. The van der Waals surface area contributed by atoms with Gasteiger partial charge in [0.2, 0.25) is 5.78 Å². The zero-order valence-electron chi connectivity index (χ0n) is 12.6. The molecule has 0 aliphatic rings. The molecule has 0 saturated heterocycles. The SMILES string of the molecule is Nc1ccc(NC(=O)C(C(=O)c2ccccc2)[N+](=O)[O-])cc1[N+](=O)[O-]. The Hall–Kier alpha value is -3.82. The van der Waals surface area contributed by atoms with Crippen molar-refractivity contribution in [3.05, 3.63) is 74.3 Å². The van der Waals surface area contributed by atoms with E-state index in [9.17, 15) is 29.8 Å². The number of nitrogens with zero attached hydrogens (tertiary/aromatic N) is 2. The van der Waals surface area contributed by atoms with E-state index in [2.05, 4.69) is 5.32 Å². The maximum absolute atomic E-state index is 12.2. The van der Waals surface area contributed by atoms with Gasteiger partial charge in [-0.15, -0.1) is 0 Å². The molecule has 1 amide bonds. The number of nitrogens with two attached hydrogens (primary N) is 1. The first kappa shape index (κ1) is 17.5. The molecule has 10 heteroatoms. The van der Waals surface area contributed by atoms with Crippen LogP contribution in [0.25, 0.3) is 0 Å². The molecule has 0 spiro atoms. The van der Waals surface area contributed by atoms with Crippen LogP contribution < -0.4 is 11.1 Å². The van der Waals surface area contributed by atoms with Crippen LogP contribution in [-0.2, 0) is 4.79 Å². The summed E-state index contributed by atoms with van der Waals surface area (Å²) in [5.74, 6) is -2.20. The largest absolute Gasteiger partial charge is 0.393 e. The molecule has 1 unspecified atom stereocenters. The molecule has 1 atom stereocenters. The number of amides is 1. The predicted octanol–water partition coefficient (Wildman–Crippen LogP) is 1.64. The monoisotopic (exact) mass is 344 g/mol. The summed E-state index contributed by atoms with van der Waals surface area (Å²) in [6.45, 7) is 0. The minimum atomic E-state index is -2.18. The minimum absolute atomic E-state index is 0.00244. The van der Waals surface area contributed by atoms with Gasteiger partial charge in [0, 0.05) is 22.2 Å². The number of carbonyl (C=O) groups excluding carboxylic acids is 2. The van der Waals surface area contributed by atoms with E-state index in [1.807, 2.05) is 0 Å². The van der Waals surface area contributed by atoms with Crippen LogP contribution >= 0.6 is 0 Å². The second kappa shape index (κ2) is 7.17. The standard InChI is InChI=1S/C15H12N4O6/c16-11-7-6-10(8-12(11)18(22)23)17-15(21)13(19(24)25)14(20)9-4-2-1-3-5-9/h1-8,13H,16H2,(H,17,21). The molecule has 2 aromatic carbocycles. The van der Waals surface area contributed by atoms with E-state index in [0.29, 0.717) is 0 Å². The number of hydrogen-bond donors (Lipinski definition) is 2. The number of nitro benzene ring substituents is 1. The summed E-state index contributed by atoms with van der Waals surface area (Å²) < 4.78 is 0. The van der Waals surface area contributed by atoms with Crippen molar-refractivity contribution in [3.63, 3.8) is 0 Å². The van der Waals surface area contributed by atoms with Gasteiger partial charge in [-0.25, -0.2) is 0 Å². The Balaban J connectivity index is 2.27. The van der Waals surface area contributed by atoms with Crippen LogP contribution in [0, 0.1) is 20.2 Å². The number of benzene rings is 2. The second-order valence-corrected chi connectivity index (χ2v) is 4.94. The highest BCUT2D eigenvalue weighted by molar-refractivity contribution is 6.15. The maximum Gasteiger partial charge on any atom is 0.351 e. The molecule has 0 bridgehead atoms. The van der Waals surface area contributed by atoms with E-state index in [1.54, 1.807) is 6.07 Å². The third-order valence-corrected chi connectivity index (χ3v) is 3.26. The zero-order valence-corrected chi connectivity index (χ0v) is 12.6. The van der Waals surface area contributed by atoms with E-state index in [4.69, 9.17) is 5.73 Å². The van der Waals surface area contributed by atoms with Crippen LogP contribution in [0.2, 0.25) is 0 Å². The number of anilines is 2. The van der Waals surface area contributed by atoms with E-state index >= 15 is 0 Å². The van der Waals surface area contributed by atoms with Gasteiger partial charge in [0.25, 0.3) is 5.69 Å². The van der Waals surface area contributed by atoms with Gasteiger partial charge in [-0.2, -0.15) is 0 Å². The first-order chi connectivity index (χ1) is 11.8. The van der Waals surface area contributed by atoms with E-state index in [-0.39, 0.29) is 16.9 Å². The smallest absolute Gasteiger partial charge is 0.351 e. The van der Waals surface area contributed by atoms with E-state index in [0.717, 1.165) is 6.07 Å². The Bertz CT molecular complexity index is 852. The summed E-state index contributed by atoms with van der Waals surface area (Å²) >= 11 is 0. The van der Waals surface area contributed by atoms with Gasteiger partial charge < -0.3 is 11.1 Å². The fourth-order valence-corrected chi connectivity index (χ4v) is 2.06. The summed E-state index contributed by atoms with van der Waals surface area (Å²) in [5, 5.41) is 24.2. The number of nitrogens with one attached hydrogen (secondary N) is 1. The molecule has 0 saturated carbocycles. The van der Waals surface area contributed by atoms with Gasteiger partial charge in [-0.1, -0.05) is 30.3 Å². The van der Waals surface area contributed by atoms with Crippen LogP contribution in [0.3, 0.4) is 0 Å². The van der Waals surface area contributed by atoms with Crippen molar-refractivity contribution in [2.45, 2.75) is 6.04 Å². The Morgan fingerprint density at radius 2 is 1.68 bits per heavy atom. The molecular formula is C15H12N4O6. The highest BCUT2D eigenvalue weighted by Gasteiger charge is 2.38. The lowest BCUT2D eigenvalue weighted by Crippen LogP contribution is -2.41. The van der Waals surface area contributed by atoms with Crippen molar-refractivity contribution in [2.75, 3.05) is 11.1 Å². The summed E-state index contributed by atoms with van der Waals surface area (Å²) in [4.78, 5) is 44.6. The van der Waals surface area contributed by atoms with Crippen molar-refractivity contribution in [1.29, 1.82) is 0 Å². The van der Waals surface area contributed by atoms with Gasteiger partial charge in [-0.05, 0) is 12.1 Å². The van der Waals surface area contributed by atoms with Crippen molar-refractivity contribution < 1.29 is 19.4 Å². The molecule has 0 fully saturated rings. The molecule has 0 aliphatic heterocycles. The summed E-state index contributed by atoms with van der Waals surface area (Å²) in [5.41, 5.74) is 4.76. The molecule has 0 radical (unpaired) electrons. The second-order valence-electron chi connectivity index (χ2n) is 4.94. The fourth-order valence-electron chi connectivity index (χ4n) is 2.06. The lowest BCUT2D eigenvalue weighted by Gasteiger charge is -2.10. The van der Waals surface area contributed by atoms with Crippen molar-refractivity contribution in [3.8, 4) is 0 Å². The van der Waals surface area contributed by atoms with Gasteiger partial charge in [-0.3, -0.25) is 29.8 Å². The maximum atomic E-state index is 12.2. The number of Topliss-reactive ketones (excluding diaryl/α,β-unsaturated/α-hetero) is 1. The number of rotatable bonds is 6. The lowest BCUT2D eigenvalue weighted by atomic mass is 10.0. The minimum Gasteiger partial charge on any atom is -0.393 e. The highest BCUT2D eigenvalue weighted by Crippen LogP contribution is 2.25. The molecule has 0 heterocycles. The number of nitro groups is 2. The van der Waals surface area contributed by atoms with Crippen molar-refractivity contribution >= 4 is 28.8 Å². The van der Waals surface area contributed by atoms with E-state index < -0.39 is 33.3 Å². The molecule has 25 heavy (non-hydrogen) atoms. The Morgan fingerprint density at radius 3 is 2.24 bits per heavy atom. The van der Waals surface area contributed by atoms with Gasteiger partial charge in [0.1, 0.15) is 5.69 Å². The third kappa shape index (κ3) is 3.93. The Morgan fingerprint density at radius 1 is 1.04 bits per heavy atom. The van der Waals surface area contributed by atoms with Crippen molar-refractivity contribution in [2.24, 2.45) is 0 Å². The molecule has 3 N–H and O–H groups in total. The van der Waals surface area contributed by atoms with Crippen LogP contribution in [0.5, 0.6) is 0 Å². The highest BCUT2D eigenvalue weighted by atomic mass is 16.6. The molecule has 128 valence electrons. The zero-order chi connectivity index (χ0) is 18.6. The van der Waals surface area contributed by atoms with Crippen LogP contribution in [0.4, 0.5) is 17.1 Å². The first-order valence-electron chi connectivity index (χ1n) is 6.89. The van der Waals surface area contributed by atoms with Crippen LogP contribution in [0.15, 0.2) is 48.5 Å². The quantitative estimate of drug-likeness (QED) is 0.265. The van der Waals surface area contributed by atoms with Gasteiger partial charge in [0.15, 0.2) is 0 Å². The molecule has 2 rings (SSSR count). The van der Waals surface area contributed by atoms with Gasteiger partial charge in [0.05, 0.1) is 4.92 Å². The third-order valence-electron chi connectivity index (χ3n) is 3.26. The van der Waals surface area contributed by atoms with Crippen molar-refractivity contribution in [1.82, 2.24) is 0 Å². The van der Waals surface area contributed by atoms with E-state index in [1.165, 1.54) is 36.4 Å². The number of nitrogen functional groups attached to an aromatic ring is 1. The summed E-state index contributed by atoms with van der Waals surface area (Å²) in [6, 6.07) is 8.51. The summed E-state index contributed by atoms with van der Waals surface area (Å²) in [7, 11) is 0. The molecule has 10 nitrogen and oxygen atoms in total. The molecular weight excluding hydrogens is 332 g/mol. The number of ketones is 1. The molecule has 0 aliphatic carbocycles. The van der Waals surface area contributed by atoms with Crippen LogP contribution in [0.1, 0.15) is 10.4 Å². The Kier molecular flexibility index (Phi) is 5.03. The summed E-state index contributed by atoms with van der Waals surface area (Å²) in [6.07, 6.45) is 0. The predicted molar refractivity (Wildman–Crippen MR) is 87.7 cm³/mol. The Labute approximate surface area is 140 Å². The average molecular weight is 344 g/mol. The first-order valence-corrected chi connectivity index (χ1v) is 6.89. The normalized spacial score (nSPS) is 11.4. The van der Waals surface area contributed by atoms with Gasteiger partial charge >= 0.3 is 11.9 Å². The van der Waals surface area contributed by atoms with Crippen LogP contribution in [-0.4, -0.2) is 27.6 Å². The number of carbonyl (C=O) groups is 2. The number of hydrogen-bond acceptors (Lipinski definition) is 7. The fraction of sp³-hybridized carbons (Fsp3) is 0.0667. The lowest BCUT2D eigenvalue weighted by molar-refractivity contribution is -0.490. The molecule has 2 aromatic rings. The topological polar surface area (TPSA) is 158 Å². The average Bonchev–Trinajstić information content (AvgIpc) is 2.56.